The van der Waals surface area contributed by atoms with Crippen LogP contribution < -0.4 is 16.0 Å². The van der Waals surface area contributed by atoms with Gasteiger partial charge in [-0.2, -0.15) is 15.0 Å². The summed E-state index contributed by atoms with van der Waals surface area (Å²) in [5.74, 6) is 1.21. The van der Waals surface area contributed by atoms with E-state index >= 15 is 0 Å². The van der Waals surface area contributed by atoms with Gasteiger partial charge in [0.05, 0.1) is 25.4 Å². The number of nitrogens with one attached hydrogen (secondary N) is 1. The molecule has 0 bridgehead atoms. The number of rotatable bonds is 4. The van der Waals surface area contributed by atoms with Crippen LogP contribution in [0.5, 0.6) is 0 Å². The molecule has 4 N–H and O–H groups in total. The second-order valence-corrected chi connectivity index (χ2v) is 5.69. The molecule has 116 valence electrons. The number of aliphatic hydroxyl groups excluding tert-OH is 1. The Hall–Kier alpha value is -1.67. The zero-order valence-corrected chi connectivity index (χ0v) is 12.1. The SMILES string of the molecule is Nc1nc(NC2(CO)CCCC2)nc(N2CCOCC2)n1. The van der Waals surface area contributed by atoms with Gasteiger partial charge in [-0.25, -0.2) is 0 Å². The average Bonchev–Trinajstić information content (AvgIpc) is 2.97. The number of aliphatic hydroxyl groups is 1. The van der Waals surface area contributed by atoms with Gasteiger partial charge in [0.1, 0.15) is 0 Å². The first-order valence-electron chi connectivity index (χ1n) is 7.44. The third-order valence-electron chi connectivity index (χ3n) is 4.18. The van der Waals surface area contributed by atoms with Crippen LogP contribution in [0.2, 0.25) is 0 Å². The molecule has 0 unspecified atom stereocenters. The van der Waals surface area contributed by atoms with Gasteiger partial charge in [-0.1, -0.05) is 12.8 Å². The smallest absolute Gasteiger partial charge is 0.232 e. The largest absolute Gasteiger partial charge is 0.394 e. The maximum atomic E-state index is 9.67. The van der Waals surface area contributed by atoms with Crippen molar-refractivity contribution >= 4 is 17.8 Å². The van der Waals surface area contributed by atoms with Crippen molar-refractivity contribution in [2.24, 2.45) is 0 Å². The lowest BCUT2D eigenvalue weighted by Crippen LogP contribution is -2.41. The number of ether oxygens (including phenoxy) is 1. The molecule has 0 amide bonds. The highest BCUT2D eigenvalue weighted by Gasteiger charge is 2.34. The number of nitrogens with zero attached hydrogens (tertiary/aromatic N) is 4. The van der Waals surface area contributed by atoms with Crippen LogP contribution in [0, 0.1) is 0 Å². The molecule has 0 aromatic carbocycles. The molecule has 2 aliphatic rings. The average molecular weight is 294 g/mol. The van der Waals surface area contributed by atoms with E-state index in [1.54, 1.807) is 0 Å². The van der Waals surface area contributed by atoms with E-state index in [2.05, 4.69) is 20.3 Å². The molecule has 1 aromatic heterocycles. The Bertz CT molecular complexity index is 486. The van der Waals surface area contributed by atoms with Crippen LogP contribution in [0.4, 0.5) is 17.8 Å². The zero-order chi connectivity index (χ0) is 14.7. The standard InChI is InChI=1S/C13H22N6O2/c14-10-15-11(18-13(9-20)3-1-2-4-13)17-12(16-10)19-5-7-21-8-6-19/h20H,1-9H2,(H3,14,15,16,17,18). The predicted octanol–water partition coefficient (Wildman–Crippen LogP) is 0.00740. The first-order valence-corrected chi connectivity index (χ1v) is 7.44. The predicted molar refractivity (Wildman–Crippen MR) is 79.2 cm³/mol. The van der Waals surface area contributed by atoms with Crippen LogP contribution in [0.3, 0.4) is 0 Å². The molecule has 2 heterocycles. The van der Waals surface area contributed by atoms with Gasteiger partial charge >= 0.3 is 0 Å². The first-order chi connectivity index (χ1) is 10.2. The molecule has 2 fully saturated rings. The molecule has 8 nitrogen and oxygen atoms in total. The van der Waals surface area contributed by atoms with E-state index in [0.717, 1.165) is 38.8 Å². The number of anilines is 3. The van der Waals surface area contributed by atoms with Gasteiger partial charge in [0.15, 0.2) is 0 Å². The van der Waals surface area contributed by atoms with Crippen molar-refractivity contribution in [3.8, 4) is 0 Å². The highest BCUT2D eigenvalue weighted by atomic mass is 16.5. The number of hydrogen-bond donors (Lipinski definition) is 3. The highest BCUT2D eigenvalue weighted by Crippen LogP contribution is 2.32. The Morgan fingerprint density at radius 1 is 1.19 bits per heavy atom. The second kappa shape index (κ2) is 5.98. The Kier molecular flexibility index (Phi) is 4.07. The lowest BCUT2D eigenvalue weighted by atomic mass is 9.99. The maximum absolute atomic E-state index is 9.67. The molecule has 1 aliphatic heterocycles. The summed E-state index contributed by atoms with van der Waals surface area (Å²) >= 11 is 0. The molecule has 1 aromatic rings. The van der Waals surface area contributed by atoms with E-state index in [-0.39, 0.29) is 18.1 Å². The summed E-state index contributed by atoms with van der Waals surface area (Å²) in [4.78, 5) is 14.9. The fourth-order valence-corrected chi connectivity index (χ4v) is 2.95. The van der Waals surface area contributed by atoms with Crippen LogP contribution in [0.1, 0.15) is 25.7 Å². The Balaban J connectivity index is 1.80. The van der Waals surface area contributed by atoms with Crippen molar-refractivity contribution in [1.29, 1.82) is 0 Å². The maximum Gasteiger partial charge on any atom is 0.232 e. The highest BCUT2D eigenvalue weighted by molar-refractivity contribution is 5.43. The monoisotopic (exact) mass is 294 g/mol. The molecule has 1 saturated carbocycles. The number of aromatic nitrogens is 3. The van der Waals surface area contributed by atoms with Crippen molar-refractivity contribution < 1.29 is 9.84 Å². The molecule has 1 aliphatic carbocycles. The normalized spacial score (nSPS) is 21.5. The van der Waals surface area contributed by atoms with Gasteiger partial charge < -0.3 is 25.8 Å². The van der Waals surface area contributed by atoms with Gasteiger partial charge in [-0.15, -0.1) is 0 Å². The van der Waals surface area contributed by atoms with E-state index in [1.807, 2.05) is 4.90 Å². The van der Waals surface area contributed by atoms with Crippen LogP contribution in [-0.2, 0) is 4.74 Å². The Morgan fingerprint density at radius 2 is 1.90 bits per heavy atom. The number of hydrogen-bond acceptors (Lipinski definition) is 8. The summed E-state index contributed by atoms with van der Waals surface area (Å²) in [5.41, 5.74) is 5.48. The van der Waals surface area contributed by atoms with E-state index < -0.39 is 0 Å². The number of nitrogens with two attached hydrogens (primary N) is 1. The van der Waals surface area contributed by atoms with E-state index in [0.29, 0.717) is 25.1 Å². The zero-order valence-electron chi connectivity index (χ0n) is 12.1. The van der Waals surface area contributed by atoms with Gasteiger partial charge in [0.2, 0.25) is 17.8 Å². The molecule has 1 saturated heterocycles. The van der Waals surface area contributed by atoms with Crippen molar-refractivity contribution in [3.05, 3.63) is 0 Å². The minimum Gasteiger partial charge on any atom is -0.394 e. The molecule has 21 heavy (non-hydrogen) atoms. The van der Waals surface area contributed by atoms with Crippen LogP contribution in [0.25, 0.3) is 0 Å². The van der Waals surface area contributed by atoms with Crippen molar-refractivity contribution in [2.75, 3.05) is 48.9 Å². The summed E-state index contributed by atoms with van der Waals surface area (Å²) in [5, 5.41) is 12.9. The molecular formula is C13H22N6O2. The fourth-order valence-electron chi connectivity index (χ4n) is 2.95. The summed E-state index contributed by atoms with van der Waals surface area (Å²) in [6.07, 6.45) is 4.04. The van der Waals surface area contributed by atoms with Gasteiger partial charge in [0, 0.05) is 13.1 Å². The molecular weight excluding hydrogens is 272 g/mol. The quantitative estimate of drug-likeness (QED) is 0.712. The van der Waals surface area contributed by atoms with Crippen LogP contribution in [0.15, 0.2) is 0 Å². The fraction of sp³-hybridized carbons (Fsp3) is 0.769. The summed E-state index contributed by atoms with van der Waals surface area (Å²) < 4.78 is 5.33. The van der Waals surface area contributed by atoms with Crippen LogP contribution in [-0.4, -0.2) is 58.5 Å². The van der Waals surface area contributed by atoms with Gasteiger partial charge in [-0.3, -0.25) is 0 Å². The first kappa shape index (κ1) is 14.3. The Morgan fingerprint density at radius 3 is 2.57 bits per heavy atom. The van der Waals surface area contributed by atoms with E-state index in [4.69, 9.17) is 10.5 Å². The summed E-state index contributed by atoms with van der Waals surface area (Å²) in [6.45, 7) is 2.89. The third-order valence-corrected chi connectivity index (χ3v) is 4.18. The summed E-state index contributed by atoms with van der Waals surface area (Å²) in [7, 11) is 0. The van der Waals surface area contributed by atoms with Gasteiger partial charge in [0.25, 0.3) is 0 Å². The van der Waals surface area contributed by atoms with E-state index in [1.165, 1.54) is 0 Å². The lowest BCUT2D eigenvalue weighted by Gasteiger charge is -2.30. The number of nitrogen functional groups attached to an aromatic ring is 1. The molecule has 8 heteroatoms. The Labute approximate surface area is 123 Å². The van der Waals surface area contributed by atoms with Crippen molar-refractivity contribution in [2.45, 2.75) is 31.2 Å². The minimum absolute atomic E-state index is 0.0749. The lowest BCUT2D eigenvalue weighted by molar-refractivity contribution is 0.122. The molecule has 0 radical (unpaired) electrons. The van der Waals surface area contributed by atoms with Crippen LogP contribution >= 0.6 is 0 Å². The molecule has 3 rings (SSSR count). The third kappa shape index (κ3) is 3.16. The molecule has 0 spiro atoms. The minimum atomic E-state index is -0.323. The van der Waals surface area contributed by atoms with E-state index in [9.17, 15) is 5.11 Å². The molecule has 0 atom stereocenters. The van der Waals surface area contributed by atoms with Gasteiger partial charge in [-0.05, 0) is 12.8 Å². The van der Waals surface area contributed by atoms with Crippen molar-refractivity contribution in [1.82, 2.24) is 15.0 Å². The number of morpholine rings is 1. The second-order valence-electron chi connectivity index (χ2n) is 5.69. The summed E-state index contributed by atoms with van der Waals surface area (Å²) in [6, 6.07) is 0. The topological polar surface area (TPSA) is 109 Å². The van der Waals surface area contributed by atoms with Crippen molar-refractivity contribution in [3.63, 3.8) is 0 Å².